The van der Waals surface area contributed by atoms with Gasteiger partial charge in [-0.3, -0.25) is 4.79 Å². The van der Waals surface area contributed by atoms with E-state index in [0.717, 1.165) is 18.2 Å². The molecule has 0 fully saturated rings. The van der Waals surface area contributed by atoms with E-state index in [9.17, 15) is 22.0 Å². The summed E-state index contributed by atoms with van der Waals surface area (Å²) >= 11 is 0. The van der Waals surface area contributed by atoms with Crippen molar-refractivity contribution in [2.45, 2.75) is 25.3 Å². The van der Waals surface area contributed by atoms with Crippen LogP contribution in [0, 0.1) is 17.6 Å². The Morgan fingerprint density at radius 2 is 1.60 bits per heavy atom. The van der Waals surface area contributed by atoms with Gasteiger partial charge in [-0.25, -0.2) is 21.9 Å². The normalized spacial score (nSPS) is 11.6. The van der Waals surface area contributed by atoms with E-state index in [1.165, 1.54) is 0 Å². The molecule has 2 N–H and O–H groups in total. The lowest BCUT2D eigenvalue weighted by atomic mass is 10.2. The van der Waals surface area contributed by atoms with Gasteiger partial charge in [-0.2, -0.15) is 0 Å². The van der Waals surface area contributed by atoms with Gasteiger partial charge in [-0.15, -0.1) is 0 Å². The molecular weight excluding hydrogens is 350 g/mol. The van der Waals surface area contributed by atoms with E-state index in [4.69, 9.17) is 0 Å². The summed E-state index contributed by atoms with van der Waals surface area (Å²) in [7, 11) is -4.33. The second kappa shape index (κ2) is 7.71. The summed E-state index contributed by atoms with van der Waals surface area (Å²) in [4.78, 5) is 10.6. The van der Waals surface area contributed by atoms with Gasteiger partial charge < -0.3 is 5.32 Å². The Morgan fingerprint density at radius 1 is 1.04 bits per heavy atom. The van der Waals surface area contributed by atoms with Crippen LogP contribution in [0.1, 0.15) is 19.4 Å². The van der Waals surface area contributed by atoms with Crippen molar-refractivity contribution in [3.05, 3.63) is 59.7 Å². The molecule has 5 nitrogen and oxygen atoms in total. The number of amides is 1. The van der Waals surface area contributed by atoms with Gasteiger partial charge in [0, 0.05) is 18.2 Å². The molecule has 8 heteroatoms. The molecule has 2 rings (SSSR count). The van der Waals surface area contributed by atoms with Crippen LogP contribution in [0.15, 0.2) is 47.4 Å². The third kappa shape index (κ3) is 4.83. The highest BCUT2D eigenvalue weighted by atomic mass is 32.2. The number of rotatable bonds is 6. The summed E-state index contributed by atoms with van der Waals surface area (Å²) in [6.07, 6.45) is 0. The molecule has 1 amide bonds. The van der Waals surface area contributed by atoms with Crippen LogP contribution in [0.2, 0.25) is 0 Å². The molecule has 25 heavy (non-hydrogen) atoms. The predicted octanol–water partition coefficient (Wildman–Crippen LogP) is 3.04. The first-order valence-electron chi connectivity index (χ1n) is 7.54. The number of carbonyl (C=O) groups is 1. The summed E-state index contributed by atoms with van der Waals surface area (Å²) in [6, 6.07) is 9.30. The Morgan fingerprint density at radius 3 is 2.12 bits per heavy atom. The molecule has 2 aromatic rings. The standard InChI is InChI=1S/C17H18F2N2O3S/c1-11(2)17(22)21-13-8-6-12(7-9-13)10-20-25(23,24)16-14(18)4-3-5-15(16)19/h3-9,11,20H,10H2,1-2H3,(H,21,22). The molecule has 0 aromatic heterocycles. The van der Waals surface area contributed by atoms with Gasteiger partial charge in [-0.1, -0.05) is 32.0 Å². The molecule has 0 aliphatic carbocycles. The summed E-state index contributed by atoms with van der Waals surface area (Å²) < 4.78 is 53.6. The van der Waals surface area contributed by atoms with Crippen LogP contribution < -0.4 is 10.0 Å². The molecule has 0 saturated heterocycles. The number of sulfonamides is 1. The zero-order valence-corrected chi connectivity index (χ0v) is 14.5. The monoisotopic (exact) mass is 368 g/mol. The molecule has 0 aliphatic heterocycles. The lowest BCUT2D eigenvalue weighted by molar-refractivity contribution is -0.118. The zero-order valence-electron chi connectivity index (χ0n) is 13.7. The van der Waals surface area contributed by atoms with E-state index in [0.29, 0.717) is 11.3 Å². The highest BCUT2D eigenvalue weighted by Crippen LogP contribution is 2.18. The fourth-order valence-corrected chi connectivity index (χ4v) is 3.13. The van der Waals surface area contributed by atoms with E-state index >= 15 is 0 Å². The van der Waals surface area contributed by atoms with Crippen LogP contribution in [0.5, 0.6) is 0 Å². The van der Waals surface area contributed by atoms with Crippen molar-refractivity contribution in [1.82, 2.24) is 4.72 Å². The van der Waals surface area contributed by atoms with Crippen LogP contribution in [0.3, 0.4) is 0 Å². The molecule has 0 spiro atoms. The van der Waals surface area contributed by atoms with Crippen molar-refractivity contribution in [3.63, 3.8) is 0 Å². The number of hydrogen-bond donors (Lipinski definition) is 2. The Labute approximate surface area is 145 Å². The van der Waals surface area contributed by atoms with E-state index in [-0.39, 0.29) is 18.4 Å². The molecule has 0 atom stereocenters. The Kier molecular flexibility index (Phi) is 5.86. The summed E-state index contributed by atoms with van der Waals surface area (Å²) in [6.45, 7) is 3.38. The number of carbonyl (C=O) groups excluding carboxylic acids is 1. The van der Waals surface area contributed by atoms with Crippen molar-refractivity contribution in [2.24, 2.45) is 5.92 Å². The highest BCUT2D eigenvalue weighted by molar-refractivity contribution is 7.89. The largest absolute Gasteiger partial charge is 0.326 e. The first-order valence-corrected chi connectivity index (χ1v) is 9.02. The van der Waals surface area contributed by atoms with Crippen LogP contribution in [0.25, 0.3) is 0 Å². The maximum Gasteiger partial charge on any atom is 0.246 e. The van der Waals surface area contributed by atoms with Crippen LogP contribution in [0.4, 0.5) is 14.5 Å². The number of benzene rings is 2. The molecule has 0 heterocycles. The Bertz CT molecular complexity index is 846. The van der Waals surface area contributed by atoms with Gasteiger partial charge in [-0.05, 0) is 29.8 Å². The van der Waals surface area contributed by atoms with Gasteiger partial charge in [0.05, 0.1) is 0 Å². The molecule has 0 saturated carbocycles. The minimum absolute atomic E-state index is 0.136. The SMILES string of the molecule is CC(C)C(=O)Nc1ccc(CNS(=O)(=O)c2c(F)cccc2F)cc1. The topological polar surface area (TPSA) is 75.3 Å². The van der Waals surface area contributed by atoms with Gasteiger partial charge in [0.25, 0.3) is 0 Å². The summed E-state index contributed by atoms with van der Waals surface area (Å²) in [5.41, 5.74) is 1.15. The maximum absolute atomic E-state index is 13.6. The van der Waals surface area contributed by atoms with Crippen molar-refractivity contribution in [1.29, 1.82) is 0 Å². The molecule has 0 aliphatic rings. The van der Waals surface area contributed by atoms with Gasteiger partial charge >= 0.3 is 0 Å². The molecule has 2 aromatic carbocycles. The average Bonchev–Trinajstić information content (AvgIpc) is 2.53. The second-order valence-corrected chi connectivity index (χ2v) is 7.42. The quantitative estimate of drug-likeness (QED) is 0.823. The average molecular weight is 368 g/mol. The fourth-order valence-electron chi connectivity index (χ4n) is 1.98. The second-order valence-electron chi connectivity index (χ2n) is 5.72. The first-order chi connectivity index (χ1) is 11.7. The van der Waals surface area contributed by atoms with E-state index < -0.39 is 26.6 Å². The number of nitrogens with one attached hydrogen (secondary N) is 2. The molecule has 0 bridgehead atoms. The maximum atomic E-state index is 13.6. The number of anilines is 1. The van der Waals surface area contributed by atoms with Crippen LogP contribution in [-0.4, -0.2) is 14.3 Å². The molecule has 134 valence electrons. The smallest absolute Gasteiger partial charge is 0.246 e. The lowest BCUT2D eigenvalue weighted by Crippen LogP contribution is -2.25. The molecule has 0 unspecified atom stereocenters. The van der Waals surface area contributed by atoms with Gasteiger partial charge in [0.15, 0.2) is 4.90 Å². The lowest BCUT2D eigenvalue weighted by Gasteiger charge is -2.10. The van der Waals surface area contributed by atoms with E-state index in [1.807, 2.05) is 0 Å². The number of halogens is 2. The molecule has 0 radical (unpaired) electrons. The zero-order chi connectivity index (χ0) is 18.6. The minimum Gasteiger partial charge on any atom is -0.326 e. The van der Waals surface area contributed by atoms with Crippen LogP contribution in [-0.2, 0) is 21.4 Å². The van der Waals surface area contributed by atoms with E-state index in [2.05, 4.69) is 10.0 Å². The van der Waals surface area contributed by atoms with Gasteiger partial charge in [0.2, 0.25) is 15.9 Å². The van der Waals surface area contributed by atoms with Crippen molar-refractivity contribution < 1.29 is 22.0 Å². The highest BCUT2D eigenvalue weighted by Gasteiger charge is 2.23. The van der Waals surface area contributed by atoms with Crippen molar-refractivity contribution in [3.8, 4) is 0 Å². The van der Waals surface area contributed by atoms with Crippen LogP contribution >= 0.6 is 0 Å². The van der Waals surface area contributed by atoms with Crippen molar-refractivity contribution in [2.75, 3.05) is 5.32 Å². The minimum atomic E-state index is -4.33. The fraction of sp³-hybridized carbons (Fsp3) is 0.235. The summed E-state index contributed by atoms with van der Waals surface area (Å²) in [5.74, 6) is -2.61. The van der Waals surface area contributed by atoms with E-state index in [1.54, 1.807) is 38.1 Å². The predicted molar refractivity (Wildman–Crippen MR) is 90.3 cm³/mol. The Hall–Kier alpha value is -2.32. The number of hydrogen-bond acceptors (Lipinski definition) is 3. The van der Waals surface area contributed by atoms with Gasteiger partial charge in [0.1, 0.15) is 11.6 Å². The van der Waals surface area contributed by atoms with Crippen molar-refractivity contribution >= 4 is 21.6 Å². The third-order valence-corrected chi connectivity index (χ3v) is 4.85. The summed E-state index contributed by atoms with van der Waals surface area (Å²) in [5, 5.41) is 2.70. The third-order valence-electron chi connectivity index (χ3n) is 3.40. The Balaban J connectivity index is 2.07. The molecular formula is C17H18F2N2O3S. The first kappa shape index (κ1) is 19.0.